The molecule has 0 spiro atoms. The molecule has 0 heterocycles. The van der Waals surface area contributed by atoms with E-state index in [2.05, 4.69) is 6.58 Å². The molecule has 7 heteroatoms. The van der Waals surface area contributed by atoms with Crippen molar-refractivity contribution >= 4 is 16.0 Å². The Balaban J connectivity index is 0.000000204. The van der Waals surface area contributed by atoms with Crippen molar-refractivity contribution in [1.82, 2.24) is 0 Å². The number of aryl methyl sites for hydroxylation is 1. The van der Waals surface area contributed by atoms with Crippen molar-refractivity contribution in [2.75, 3.05) is 0 Å². The van der Waals surface area contributed by atoms with Crippen LogP contribution in [0, 0.1) is 12.8 Å². The van der Waals surface area contributed by atoms with E-state index in [4.69, 9.17) is 16.0 Å². The van der Waals surface area contributed by atoms with E-state index in [1.807, 2.05) is 6.92 Å². The zero-order valence-corrected chi connectivity index (χ0v) is 11.9. The van der Waals surface area contributed by atoms with Crippen LogP contribution in [-0.2, 0) is 14.9 Å². The van der Waals surface area contributed by atoms with Gasteiger partial charge in [0, 0.05) is 5.92 Å². The van der Waals surface area contributed by atoms with Crippen LogP contribution in [0.4, 0.5) is 0 Å². The minimum absolute atomic E-state index is 0.0666. The first-order chi connectivity index (χ1) is 9.11. The molecule has 1 amide bonds. The second-order valence-electron chi connectivity index (χ2n) is 4.74. The third-order valence-electron chi connectivity index (χ3n) is 3.12. The Morgan fingerprint density at radius 1 is 1.45 bits per heavy atom. The van der Waals surface area contributed by atoms with Gasteiger partial charge < -0.3 is 11.5 Å². The first-order valence-corrected chi connectivity index (χ1v) is 7.30. The van der Waals surface area contributed by atoms with E-state index >= 15 is 0 Å². The highest BCUT2D eigenvalue weighted by molar-refractivity contribution is 7.85. The molecule has 1 aromatic carbocycles. The lowest BCUT2D eigenvalue weighted by Gasteiger charge is -2.01. The zero-order valence-electron chi connectivity index (χ0n) is 11.1. The predicted molar refractivity (Wildman–Crippen MR) is 75.4 cm³/mol. The summed E-state index contributed by atoms with van der Waals surface area (Å²) < 4.78 is 29.6. The van der Waals surface area contributed by atoms with Gasteiger partial charge in [-0.1, -0.05) is 23.8 Å². The Morgan fingerprint density at radius 2 is 1.95 bits per heavy atom. The summed E-state index contributed by atoms with van der Waals surface area (Å²) in [7, 11) is -4.02. The lowest BCUT2D eigenvalue weighted by atomic mass is 10.2. The number of hydrogen-bond donors (Lipinski definition) is 3. The van der Waals surface area contributed by atoms with E-state index in [0.717, 1.165) is 5.56 Å². The van der Waals surface area contributed by atoms with Gasteiger partial charge in [0.1, 0.15) is 5.54 Å². The van der Waals surface area contributed by atoms with E-state index in [-0.39, 0.29) is 10.8 Å². The second-order valence-corrected chi connectivity index (χ2v) is 6.16. The number of carbonyl (C=O) groups is 1. The molecule has 0 saturated heterocycles. The number of benzene rings is 1. The molecule has 1 fully saturated rings. The summed E-state index contributed by atoms with van der Waals surface area (Å²) in [5.74, 6) is -0.317. The first kappa shape index (κ1) is 16.4. The molecule has 5 N–H and O–H groups in total. The van der Waals surface area contributed by atoms with Gasteiger partial charge >= 0.3 is 0 Å². The van der Waals surface area contributed by atoms with Gasteiger partial charge in [0.25, 0.3) is 10.1 Å². The average molecular weight is 298 g/mol. The number of amides is 1. The number of nitrogens with two attached hydrogens (primary N) is 2. The Morgan fingerprint density at radius 3 is 2.20 bits per heavy atom. The summed E-state index contributed by atoms with van der Waals surface area (Å²) in [4.78, 5) is 10.4. The summed E-state index contributed by atoms with van der Waals surface area (Å²) >= 11 is 0. The maximum Gasteiger partial charge on any atom is 0.294 e. The fourth-order valence-corrected chi connectivity index (χ4v) is 2.07. The van der Waals surface area contributed by atoms with Gasteiger partial charge in [-0.3, -0.25) is 9.35 Å². The molecule has 1 aromatic rings. The van der Waals surface area contributed by atoms with Crippen molar-refractivity contribution in [1.29, 1.82) is 0 Å². The van der Waals surface area contributed by atoms with Crippen molar-refractivity contribution < 1.29 is 17.8 Å². The van der Waals surface area contributed by atoms with Crippen LogP contribution in [0.5, 0.6) is 0 Å². The van der Waals surface area contributed by atoms with Gasteiger partial charge in [-0.15, -0.1) is 6.58 Å². The van der Waals surface area contributed by atoms with Gasteiger partial charge in [-0.2, -0.15) is 8.42 Å². The zero-order chi connectivity index (χ0) is 15.6. The molecule has 0 radical (unpaired) electrons. The molecule has 0 bridgehead atoms. The van der Waals surface area contributed by atoms with Crippen LogP contribution < -0.4 is 11.5 Å². The van der Waals surface area contributed by atoms with Crippen LogP contribution in [0.2, 0.25) is 0 Å². The van der Waals surface area contributed by atoms with Crippen molar-refractivity contribution in [2.24, 2.45) is 17.4 Å². The number of rotatable bonds is 3. The van der Waals surface area contributed by atoms with Gasteiger partial charge in [-0.25, -0.2) is 0 Å². The van der Waals surface area contributed by atoms with Crippen LogP contribution >= 0.6 is 0 Å². The highest BCUT2D eigenvalue weighted by atomic mass is 32.2. The Bertz CT molecular complexity index is 610. The van der Waals surface area contributed by atoms with E-state index in [1.165, 1.54) is 12.1 Å². The Kier molecular flexibility index (Phi) is 4.69. The molecule has 1 aliphatic carbocycles. The summed E-state index contributed by atoms with van der Waals surface area (Å²) in [6, 6.07) is 5.99. The van der Waals surface area contributed by atoms with E-state index in [1.54, 1.807) is 18.2 Å². The van der Waals surface area contributed by atoms with Crippen molar-refractivity contribution in [3.8, 4) is 0 Å². The largest absolute Gasteiger partial charge is 0.368 e. The fourth-order valence-electron chi connectivity index (χ4n) is 1.59. The van der Waals surface area contributed by atoms with Crippen LogP contribution in [0.1, 0.15) is 12.0 Å². The van der Waals surface area contributed by atoms with Crippen LogP contribution in [0.3, 0.4) is 0 Å². The van der Waals surface area contributed by atoms with Gasteiger partial charge in [0.2, 0.25) is 5.91 Å². The topological polar surface area (TPSA) is 123 Å². The van der Waals surface area contributed by atoms with Crippen molar-refractivity contribution in [2.45, 2.75) is 23.8 Å². The molecular weight excluding hydrogens is 280 g/mol. The molecule has 2 rings (SSSR count). The average Bonchev–Trinajstić information content (AvgIpc) is 3.02. The Labute approximate surface area is 118 Å². The summed E-state index contributed by atoms with van der Waals surface area (Å²) in [6.07, 6.45) is 2.33. The molecule has 20 heavy (non-hydrogen) atoms. The highest BCUT2D eigenvalue weighted by Gasteiger charge is 2.54. The quantitative estimate of drug-likeness (QED) is 0.557. The lowest BCUT2D eigenvalue weighted by Crippen LogP contribution is -2.40. The Hall–Kier alpha value is -1.70. The van der Waals surface area contributed by atoms with Crippen molar-refractivity contribution in [3.63, 3.8) is 0 Å². The molecule has 0 aromatic heterocycles. The second kappa shape index (κ2) is 5.74. The summed E-state index contributed by atoms with van der Waals surface area (Å²) in [5, 5.41) is 0. The molecule has 1 aliphatic rings. The lowest BCUT2D eigenvalue weighted by molar-refractivity contribution is -0.120. The van der Waals surface area contributed by atoms with Crippen molar-refractivity contribution in [3.05, 3.63) is 42.5 Å². The van der Waals surface area contributed by atoms with E-state index in [0.29, 0.717) is 6.42 Å². The molecular formula is C13H18N2O4S. The maximum absolute atomic E-state index is 10.5. The van der Waals surface area contributed by atoms with E-state index in [9.17, 15) is 13.2 Å². The van der Waals surface area contributed by atoms with Gasteiger partial charge in [0.05, 0.1) is 4.90 Å². The third kappa shape index (κ3) is 3.89. The maximum atomic E-state index is 10.5. The molecule has 0 aliphatic heterocycles. The standard InChI is InChI=1S/C7H8O3S.C6H10N2O/c1-6-2-4-7(5-3-6)11(8,9)10;1-2-4-3-6(4,8)5(7)9/h2-5H,1H3,(H,8,9,10);2,4H,1,3,8H2,(H2,7,9)/t;4-,6-/m.1/s1. The summed E-state index contributed by atoms with van der Waals surface area (Å²) in [5.41, 5.74) is 10.7. The smallest absolute Gasteiger partial charge is 0.294 e. The normalized spacial score (nSPS) is 24.2. The SMILES string of the molecule is C=C[C@@H]1C[C@]1(N)C(N)=O.Cc1ccc(S(=O)(=O)O)cc1. The minimum Gasteiger partial charge on any atom is -0.368 e. The fraction of sp³-hybridized carbons (Fsp3) is 0.308. The highest BCUT2D eigenvalue weighted by Crippen LogP contribution is 2.41. The first-order valence-electron chi connectivity index (χ1n) is 5.86. The molecule has 0 unspecified atom stereocenters. The number of hydrogen-bond acceptors (Lipinski definition) is 4. The van der Waals surface area contributed by atoms with Crippen LogP contribution in [-0.4, -0.2) is 24.4 Å². The van der Waals surface area contributed by atoms with Gasteiger partial charge in [-0.05, 0) is 25.5 Å². The molecule has 1 saturated carbocycles. The molecule has 2 atom stereocenters. The monoisotopic (exact) mass is 298 g/mol. The molecule has 110 valence electrons. The van der Waals surface area contributed by atoms with Crippen LogP contribution in [0.25, 0.3) is 0 Å². The minimum atomic E-state index is -4.02. The predicted octanol–water partition coefficient (Wildman–Crippen LogP) is 0.617. The van der Waals surface area contributed by atoms with Gasteiger partial charge in [0.15, 0.2) is 0 Å². The third-order valence-corrected chi connectivity index (χ3v) is 3.99. The van der Waals surface area contributed by atoms with Crippen LogP contribution in [0.15, 0.2) is 41.8 Å². The summed E-state index contributed by atoms with van der Waals surface area (Å²) in [6.45, 7) is 5.35. The van der Waals surface area contributed by atoms with E-state index < -0.39 is 21.6 Å². The number of carbonyl (C=O) groups excluding carboxylic acids is 1. The molecule has 6 nitrogen and oxygen atoms in total. The number of primary amides is 1.